The Morgan fingerprint density at radius 1 is 1.28 bits per heavy atom. The maximum Gasteiger partial charge on any atom is 0.227 e. The molecule has 1 rings (SSSR count). The highest BCUT2D eigenvalue weighted by Gasteiger charge is 2.45. The molecule has 5 nitrogen and oxygen atoms in total. The lowest BCUT2D eigenvalue weighted by atomic mass is 9.74. The number of hydrogen-bond acceptors (Lipinski definition) is 4. The number of hydrogen-bond donors (Lipinski definition) is 2. The number of nitrogens with one attached hydrogen (secondary N) is 1. The summed E-state index contributed by atoms with van der Waals surface area (Å²) in [6.07, 6.45) is 0.460. The smallest absolute Gasteiger partial charge is 0.227 e. The van der Waals surface area contributed by atoms with E-state index in [0.29, 0.717) is 6.42 Å². The standard InChI is InChI=1S/C12H24N2O3S/c1-10(2,11(3,4)13)9(15)14-12(5)6-7-18(16,17)8-12/h6-8,13H2,1-5H3,(H,14,15). The fourth-order valence-electron chi connectivity index (χ4n) is 1.83. The van der Waals surface area contributed by atoms with Gasteiger partial charge in [0.25, 0.3) is 0 Å². The van der Waals surface area contributed by atoms with Crippen LogP contribution in [-0.2, 0) is 14.6 Å². The second kappa shape index (κ2) is 4.20. The van der Waals surface area contributed by atoms with Crippen molar-refractivity contribution in [2.24, 2.45) is 11.1 Å². The van der Waals surface area contributed by atoms with Gasteiger partial charge < -0.3 is 11.1 Å². The van der Waals surface area contributed by atoms with Crippen LogP contribution in [0.15, 0.2) is 0 Å². The number of nitrogens with two attached hydrogens (primary N) is 1. The van der Waals surface area contributed by atoms with E-state index in [1.165, 1.54) is 0 Å². The maximum atomic E-state index is 12.3. The third-order valence-corrected chi connectivity index (χ3v) is 6.00. The first-order chi connectivity index (χ1) is 7.79. The van der Waals surface area contributed by atoms with Crippen molar-refractivity contribution in [2.75, 3.05) is 11.5 Å². The van der Waals surface area contributed by atoms with Crippen molar-refractivity contribution >= 4 is 15.7 Å². The molecule has 1 saturated heterocycles. The lowest BCUT2D eigenvalue weighted by Crippen LogP contribution is -2.60. The van der Waals surface area contributed by atoms with Crippen LogP contribution in [0.25, 0.3) is 0 Å². The molecule has 0 aromatic rings. The zero-order chi connectivity index (χ0) is 14.4. The van der Waals surface area contributed by atoms with Crippen LogP contribution in [-0.4, -0.2) is 36.9 Å². The Kier molecular flexibility index (Phi) is 3.60. The van der Waals surface area contributed by atoms with E-state index in [0.717, 1.165) is 0 Å². The van der Waals surface area contributed by atoms with Gasteiger partial charge in [-0.3, -0.25) is 4.79 Å². The molecule has 3 N–H and O–H groups in total. The van der Waals surface area contributed by atoms with E-state index in [9.17, 15) is 13.2 Å². The molecular weight excluding hydrogens is 252 g/mol. The highest BCUT2D eigenvalue weighted by molar-refractivity contribution is 7.91. The Morgan fingerprint density at radius 2 is 1.78 bits per heavy atom. The summed E-state index contributed by atoms with van der Waals surface area (Å²) in [6, 6.07) is 0. The first-order valence-corrected chi connectivity index (χ1v) is 7.93. The van der Waals surface area contributed by atoms with Crippen molar-refractivity contribution in [2.45, 2.75) is 52.1 Å². The molecule has 1 unspecified atom stereocenters. The second-order valence-corrected chi connectivity index (χ2v) is 8.89. The van der Waals surface area contributed by atoms with Crippen molar-refractivity contribution in [3.63, 3.8) is 0 Å². The van der Waals surface area contributed by atoms with Gasteiger partial charge in [-0.15, -0.1) is 0 Å². The van der Waals surface area contributed by atoms with E-state index in [-0.39, 0.29) is 17.4 Å². The fraction of sp³-hybridized carbons (Fsp3) is 0.917. The van der Waals surface area contributed by atoms with Crippen molar-refractivity contribution in [3.05, 3.63) is 0 Å². The summed E-state index contributed by atoms with van der Waals surface area (Å²) < 4.78 is 23.0. The molecule has 0 aromatic heterocycles. The topological polar surface area (TPSA) is 89.3 Å². The predicted molar refractivity (Wildman–Crippen MR) is 71.9 cm³/mol. The van der Waals surface area contributed by atoms with Gasteiger partial charge in [-0.2, -0.15) is 0 Å². The predicted octanol–water partition coefficient (Wildman–Crippen LogP) is 0.443. The van der Waals surface area contributed by atoms with Crippen LogP contribution in [0.4, 0.5) is 0 Å². The summed E-state index contributed by atoms with van der Waals surface area (Å²) in [4.78, 5) is 12.3. The molecular formula is C12H24N2O3S. The molecule has 0 bridgehead atoms. The second-order valence-electron chi connectivity index (χ2n) is 6.70. The van der Waals surface area contributed by atoms with Crippen LogP contribution < -0.4 is 11.1 Å². The summed E-state index contributed by atoms with van der Waals surface area (Å²) in [6.45, 7) is 8.90. The van der Waals surface area contributed by atoms with Gasteiger partial charge in [-0.25, -0.2) is 8.42 Å². The average Bonchev–Trinajstić information content (AvgIpc) is 2.38. The van der Waals surface area contributed by atoms with Gasteiger partial charge in [0, 0.05) is 5.54 Å². The summed E-state index contributed by atoms with van der Waals surface area (Å²) in [5, 5.41) is 2.86. The molecule has 0 saturated carbocycles. The molecule has 6 heteroatoms. The normalized spacial score (nSPS) is 28.1. The van der Waals surface area contributed by atoms with Crippen LogP contribution in [0.3, 0.4) is 0 Å². The SMILES string of the molecule is CC1(NC(=O)C(C)(C)C(C)(C)N)CCS(=O)(=O)C1. The molecule has 1 heterocycles. The van der Waals surface area contributed by atoms with Crippen molar-refractivity contribution in [1.29, 1.82) is 0 Å². The zero-order valence-electron chi connectivity index (χ0n) is 11.8. The number of carbonyl (C=O) groups excluding carboxylic acids is 1. The average molecular weight is 276 g/mol. The summed E-state index contributed by atoms with van der Waals surface area (Å²) in [5.41, 5.74) is 3.90. The van der Waals surface area contributed by atoms with Crippen molar-refractivity contribution in [1.82, 2.24) is 5.32 Å². The van der Waals surface area contributed by atoms with E-state index in [1.54, 1.807) is 34.6 Å². The Labute approximate surface area is 109 Å². The molecule has 0 aliphatic carbocycles. The first-order valence-electron chi connectivity index (χ1n) is 6.11. The first kappa shape index (κ1) is 15.4. The Balaban J connectivity index is 2.84. The molecule has 1 amide bonds. The van der Waals surface area contributed by atoms with Crippen LogP contribution >= 0.6 is 0 Å². The molecule has 0 spiro atoms. The zero-order valence-corrected chi connectivity index (χ0v) is 12.6. The number of rotatable bonds is 3. The van der Waals surface area contributed by atoms with E-state index >= 15 is 0 Å². The highest BCUT2D eigenvalue weighted by Crippen LogP contribution is 2.31. The van der Waals surface area contributed by atoms with E-state index in [1.807, 2.05) is 0 Å². The Bertz CT molecular complexity index is 448. The van der Waals surface area contributed by atoms with Gasteiger partial charge >= 0.3 is 0 Å². The minimum Gasteiger partial charge on any atom is -0.349 e. The van der Waals surface area contributed by atoms with E-state index in [4.69, 9.17) is 5.73 Å². The molecule has 18 heavy (non-hydrogen) atoms. The Hall–Kier alpha value is -0.620. The maximum absolute atomic E-state index is 12.3. The van der Waals surface area contributed by atoms with E-state index < -0.39 is 26.3 Å². The van der Waals surface area contributed by atoms with Crippen LogP contribution in [0, 0.1) is 5.41 Å². The molecule has 0 radical (unpaired) electrons. The molecule has 106 valence electrons. The minimum atomic E-state index is -3.03. The molecule has 0 aromatic carbocycles. The largest absolute Gasteiger partial charge is 0.349 e. The third kappa shape index (κ3) is 3.03. The monoisotopic (exact) mass is 276 g/mol. The van der Waals surface area contributed by atoms with Gasteiger partial charge in [0.05, 0.1) is 22.5 Å². The number of carbonyl (C=O) groups is 1. The van der Waals surface area contributed by atoms with Crippen LogP contribution in [0.2, 0.25) is 0 Å². The minimum absolute atomic E-state index is 0.00677. The summed E-state index contributed by atoms with van der Waals surface area (Å²) >= 11 is 0. The molecule has 1 fully saturated rings. The molecule has 1 aliphatic heterocycles. The fourth-order valence-corrected chi connectivity index (χ4v) is 3.93. The highest BCUT2D eigenvalue weighted by atomic mass is 32.2. The van der Waals surface area contributed by atoms with Gasteiger partial charge in [-0.1, -0.05) is 0 Å². The van der Waals surface area contributed by atoms with Crippen molar-refractivity contribution < 1.29 is 13.2 Å². The van der Waals surface area contributed by atoms with Crippen LogP contribution in [0.5, 0.6) is 0 Å². The third-order valence-electron chi connectivity index (χ3n) is 4.10. The summed E-state index contributed by atoms with van der Waals surface area (Å²) in [5.74, 6) is -0.0575. The Morgan fingerprint density at radius 3 is 2.11 bits per heavy atom. The van der Waals surface area contributed by atoms with Gasteiger partial charge in [0.2, 0.25) is 5.91 Å². The quantitative estimate of drug-likeness (QED) is 0.783. The molecule has 1 aliphatic rings. The van der Waals surface area contributed by atoms with Gasteiger partial charge in [-0.05, 0) is 41.0 Å². The number of amides is 1. The van der Waals surface area contributed by atoms with E-state index in [2.05, 4.69) is 5.32 Å². The lowest BCUT2D eigenvalue weighted by Gasteiger charge is -2.39. The van der Waals surface area contributed by atoms with Crippen molar-refractivity contribution in [3.8, 4) is 0 Å². The lowest BCUT2D eigenvalue weighted by molar-refractivity contribution is -0.133. The number of sulfone groups is 1. The molecule has 1 atom stereocenters. The van der Waals surface area contributed by atoms with Gasteiger partial charge in [0.1, 0.15) is 0 Å². The van der Waals surface area contributed by atoms with Crippen LogP contribution in [0.1, 0.15) is 41.0 Å². The van der Waals surface area contributed by atoms with Gasteiger partial charge in [0.15, 0.2) is 9.84 Å². The summed E-state index contributed by atoms with van der Waals surface area (Å²) in [7, 11) is -3.03.